The summed E-state index contributed by atoms with van der Waals surface area (Å²) in [6.45, 7) is 0.695. The van der Waals surface area contributed by atoms with E-state index in [1.807, 2.05) is 25.2 Å². The maximum Gasteiger partial charge on any atom is 0.416 e. The van der Waals surface area contributed by atoms with Crippen molar-refractivity contribution in [2.24, 2.45) is 5.92 Å². The van der Waals surface area contributed by atoms with Crippen molar-refractivity contribution in [3.05, 3.63) is 65.2 Å². The standard InChI is InChI=1S/C21H23F3N2O/c1-25-12-15-8-9-16-19(13-5-3-2-4-6-13)26-18-10-7-14(21(22,23)24)11-17(18)20(16)27-15/h2-7,10-11,15-16,19-20,25-26H,8-9,12H2,1H3/t15?,16?,19-,20?/m0/s1. The predicted molar refractivity (Wildman–Crippen MR) is 98.5 cm³/mol. The predicted octanol–water partition coefficient (Wildman–Crippen LogP) is 4.93. The number of likely N-dealkylation sites (N-methyl/N-ethyl adjacent to an activating group) is 1. The minimum Gasteiger partial charge on any atom is -0.378 e. The van der Waals surface area contributed by atoms with E-state index < -0.39 is 11.7 Å². The highest BCUT2D eigenvalue weighted by atomic mass is 19.4. The average Bonchev–Trinajstić information content (AvgIpc) is 2.67. The van der Waals surface area contributed by atoms with Crippen molar-refractivity contribution < 1.29 is 17.9 Å². The molecule has 1 saturated heterocycles. The summed E-state index contributed by atoms with van der Waals surface area (Å²) in [4.78, 5) is 0. The van der Waals surface area contributed by atoms with E-state index in [-0.39, 0.29) is 24.2 Å². The Bertz CT molecular complexity index is 794. The van der Waals surface area contributed by atoms with Gasteiger partial charge in [-0.2, -0.15) is 13.2 Å². The third kappa shape index (κ3) is 3.56. The lowest BCUT2D eigenvalue weighted by Crippen LogP contribution is -2.41. The summed E-state index contributed by atoms with van der Waals surface area (Å²) in [5.41, 5.74) is 1.85. The molecule has 0 aromatic heterocycles. The van der Waals surface area contributed by atoms with E-state index in [9.17, 15) is 13.2 Å². The number of benzene rings is 2. The zero-order valence-corrected chi connectivity index (χ0v) is 15.1. The molecular weight excluding hydrogens is 353 g/mol. The third-order valence-corrected chi connectivity index (χ3v) is 5.56. The second kappa shape index (κ2) is 7.17. The molecule has 27 heavy (non-hydrogen) atoms. The van der Waals surface area contributed by atoms with Crippen molar-refractivity contribution in [1.29, 1.82) is 0 Å². The summed E-state index contributed by atoms with van der Waals surface area (Å²) in [6, 6.07) is 14.0. The molecule has 0 aliphatic carbocycles. The van der Waals surface area contributed by atoms with Gasteiger partial charge in [-0.15, -0.1) is 0 Å². The van der Waals surface area contributed by atoms with Crippen molar-refractivity contribution >= 4 is 5.69 Å². The van der Waals surface area contributed by atoms with Crippen molar-refractivity contribution in [1.82, 2.24) is 5.32 Å². The molecule has 4 rings (SSSR count). The first kappa shape index (κ1) is 18.3. The number of fused-ring (bicyclic) bond motifs is 3. The number of nitrogens with one attached hydrogen (secondary N) is 2. The fourth-order valence-corrected chi connectivity index (χ4v) is 4.30. The summed E-state index contributed by atoms with van der Waals surface area (Å²) >= 11 is 0. The van der Waals surface area contributed by atoms with Crippen molar-refractivity contribution in [2.45, 2.75) is 37.3 Å². The van der Waals surface area contributed by atoms with Gasteiger partial charge in [0.25, 0.3) is 0 Å². The fraction of sp³-hybridized carbons (Fsp3) is 0.429. The number of hydrogen-bond acceptors (Lipinski definition) is 3. The molecule has 2 N–H and O–H groups in total. The first-order valence-corrected chi connectivity index (χ1v) is 9.30. The van der Waals surface area contributed by atoms with Gasteiger partial charge in [-0.1, -0.05) is 30.3 Å². The van der Waals surface area contributed by atoms with Crippen LogP contribution in [0.2, 0.25) is 0 Å². The van der Waals surface area contributed by atoms with E-state index in [4.69, 9.17) is 4.74 Å². The maximum absolute atomic E-state index is 13.2. The van der Waals surface area contributed by atoms with E-state index in [2.05, 4.69) is 22.8 Å². The van der Waals surface area contributed by atoms with Crippen LogP contribution < -0.4 is 10.6 Å². The molecule has 0 amide bonds. The van der Waals surface area contributed by atoms with Crippen LogP contribution in [0.4, 0.5) is 18.9 Å². The molecule has 3 nitrogen and oxygen atoms in total. The van der Waals surface area contributed by atoms with Gasteiger partial charge >= 0.3 is 6.18 Å². The Labute approximate surface area is 156 Å². The van der Waals surface area contributed by atoms with E-state index in [1.165, 1.54) is 12.1 Å². The maximum atomic E-state index is 13.2. The summed E-state index contributed by atoms with van der Waals surface area (Å²) in [5, 5.41) is 6.59. The van der Waals surface area contributed by atoms with Gasteiger partial charge in [-0.05, 0) is 43.7 Å². The van der Waals surface area contributed by atoms with Crippen LogP contribution in [0.3, 0.4) is 0 Å². The number of halogens is 3. The zero-order valence-electron chi connectivity index (χ0n) is 15.1. The quantitative estimate of drug-likeness (QED) is 0.797. The molecule has 0 spiro atoms. The molecule has 0 bridgehead atoms. The SMILES string of the molecule is CNCC1CCC2C(O1)c1cc(C(F)(F)F)ccc1N[C@H]2c1ccccc1. The van der Waals surface area contributed by atoms with Crippen LogP contribution in [0.5, 0.6) is 0 Å². The number of hydrogen-bond donors (Lipinski definition) is 2. The summed E-state index contributed by atoms with van der Waals surface area (Å²) in [6.07, 6.45) is -2.91. The Kier molecular flexibility index (Phi) is 4.86. The number of ether oxygens (including phenoxy) is 1. The molecule has 2 aromatic rings. The minimum atomic E-state index is -4.36. The van der Waals surface area contributed by atoms with Gasteiger partial charge in [0.2, 0.25) is 0 Å². The first-order valence-electron chi connectivity index (χ1n) is 9.30. The molecule has 0 radical (unpaired) electrons. The smallest absolute Gasteiger partial charge is 0.378 e. The highest BCUT2D eigenvalue weighted by molar-refractivity contribution is 5.58. The minimum absolute atomic E-state index is 0.00756. The molecule has 4 atom stereocenters. The van der Waals surface area contributed by atoms with E-state index >= 15 is 0 Å². The van der Waals surface area contributed by atoms with E-state index in [0.717, 1.165) is 30.2 Å². The zero-order chi connectivity index (χ0) is 19.0. The van der Waals surface area contributed by atoms with Gasteiger partial charge in [0, 0.05) is 23.7 Å². The normalized spacial score (nSPS) is 27.4. The van der Waals surface area contributed by atoms with Crippen molar-refractivity contribution in [3.8, 4) is 0 Å². The van der Waals surface area contributed by atoms with E-state index in [0.29, 0.717) is 12.1 Å². The Hall–Kier alpha value is -2.05. The lowest BCUT2D eigenvalue weighted by molar-refractivity contribution is -0.138. The topological polar surface area (TPSA) is 33.3 Å². The largest absolute Gasteiger partial charge is 0.416 e. The Morgan fingerprint density at radius 2 is 1.89 bits per heavy atom. The molecule has 6 heteroatoms. The van der Waals surface area contributed by atoms with Crippen molar-refractivity contribution in [3.63, 3.8) is 0 Å². The highest BCUT2D eigenvalue weighted by Gasteiger charge is 2.43. The third-order valence-electron chi connectivity index (χ3n) is 5.56. The summed E-state index contributed by atoms with van der Waals surface area (Å²) < 4.78 is 46.1. The second-order valence-corrected chi connectivity index (χ2v) is 7.31. The Morgan fingerprint density at radius 3 is 2.59 bits per heavy atom. The Balaban J connectivity index is 1.75. The van der Waals surface area contributed by atoms with Crippen LogP contribution in [0.15, 0.2) is 48.5 Å². The van der Waals surface area contributed by atoms with Crippen LogP contribution in [-0.2, 0) is 10.9 Å². The van der Waals surface area contributed by atoms with Crippen LogP contribution in [0.25, 0.3) is 0 Å². The summed E-state index contributed by atoms with van der Waals surface area (Å²) in [7, 11) is 1.86. The molecule has 3 unspecified atom stereocenters. The van der Waals surface area contributed by atoms with E-state index in [1.54, 1.807) is 0 Å². The fourth-order valence-electron chi connectivity index (χ4n) is 4.30. The summed E-state index contributed by atoms with van der Waals surface area (Å²) in [5.74, 6) is 0.0940. The molecule has 2 heterocycles. The van der Waals surface area contributed by atoms with Crippen LogP contribution in [0.1, 0.15) is 41.7 Å². The van der Waals surface area contributed by atoms with Crippen LogP contribution >= 0.6 is 0 Å². The lowest BCUT2D eigenvalue weighted by atomic mass is 9.76. The number of anilines is 1. The molecule has 1 fully saturated rings. The second-order valence-electron chi connectivity index (χ2n) is 7.31. The van der Waals surface area contributed by atoms with Crippen molar-refractivity contribution in [2.75, 3.05) is 18.9 Å². The van der Waals surface area contributed by atoms with Gasteiger partial charge in [0.1, 0.15) is 0 Å². The van der Waals surface area contributed by atoms with Gasteiger partial charge in [0.05, 0.1) is 23.8 Å². The van der Waals surface area contributed by atoms with Gasteiger partial charge in [-0.25, -0.2) is 0 Å². The molecule has 0 saturated carbocycles. The van der Waals surface area contributed by atoms with Crippen LogP contribution in [-0.4, -0.2) is 19.7 Å². The average molecular weight is 376 g/mol. The van der Waals surface area contributed by atoms with Gasteiger partial charge in [-0.3, -0.25) is 0 Å². The van der Waals surface area contributed by atoms with Crippen LogP contribution in [0, 0.1) is 5.92 Å². The van der Waals surface area contributed by atoms with Gasteiger partial charge in [0.15, 0.2) is 0 Å². The first-order chi connectivity index (χ1) is 13.0. The molecule has 2 aliphatic heterocycles. The monoisotopic (exact) mass is 376 g/mol. The van der Waals surface area contributed by atoms with Gasteiger partial charge < -0.3 is 15.4 Å². The molecule has 2 aliphatic rings. The molecule has 2 aromatic carbocycles. The lowest BCUT2D eigenvalue weighted by Gasteiger charge is -2.46. The number of rotatable bonds is 3. The highest BCUT2D eigenvalue weighted by Crippen LogP contribution is 2.51. The Morgan fingerprint density at radius 1 is 1.11 bits per heavy atom. The molecular formula is C21H23F3N2O. The number of alkyl halides is 3. The molecule has 144 valence electrons.